The van der Waals surface area contributed by atoms with Crippen LogP contribution in [0.25, 0.3) is 11.1 Å². The third-order valence-corrected chi connectivity index (χ3v) is 4.81. The van der Waals surface area contributed by atoms with E-state index < -0.39 is 11.6 Å². The number of anilines is 2. The van der Waals surface area contributed by atoms with E-state index in [1.807, 2.05) is 4.90 Å². The van der Waals surface area contributed by atoms with Crippen LogP contribution in [-0.2, 0) is 0 Å². The van der Waals surface area contributed by atoms with E-state index in [4.69, 9.17) is 0 Å². The fourth-order valence-corrected chi connectivity index (χ4v) is 3.26. The molecule has 1 aliphatic heterocycles. The molecule has 6 nitrogen and oxygen atoms in total. The smallest absolute Gasteiger partial charge is 0.322 e. The summed E-state index contributed by atoms with van der Waals surface area (Å²) in [5.41, 5.74) is 1.40. The molecule has 0 radical (unpaired) electrons. The highest BCUT2D eigenvalue weighted by molar-refractivity contribution is 5.89. The number of piperazine rings is 1. The Balaban J connectivity index is 1.42. The van der Waals surface area contributed by atoms with Gasteiger partial charge in [0.1, 0.15) is 5.82 Å². The number of hydrogen-bond donors (Lipinski definition) is 1. The molecule has 1 fully saturated rings. The van der Waals surface area contributed by atoms with Crippen LogP contribution < -0.4 is 10.2 Å². The number of nitrogens with zero attached hydrogens (tertiary/aromatic N) is 4. The zero-order chi connectivity index (χ0) is 20.2. The Kier molecular flexibility index (Phi) is 5.33. The van der Waals surface area contributed by atoms with Crippen LogP contribution in [0.2, 0.25) is 0 Å². The fraction of sp³-hybridized carbons (Fsp3) is 0.190. The van der Waals surface area contributed by atoms with Gasteiger partial charge in [0.25, 0.3) is 0 Å². The van der Waals surface area contributed by atoms with Crippen molar-refractivity contribution in [1.82, 2.24) is 14.9 Å². The third kappa shape index (κ3) is 4.16. The summed E-state index contributed by atoms with van der Waals surface area (Å²) < 4.78 is 27.7. The van der Waals surface area contributed by atoms with Gasteiger partial charge >= 0.3 is 6.03 Å². The van der Waals surface area contributed by atoms with Crippen LogP contribution in [0.15, 0.2) is 61.1 Å². The second kappa shape index (κ2) is 8.22. The minimum Gasteiger partial charge on any atom is -0.353 e. The number of amides is 2. The van der Waals surface area contributed by atoms with Crippen molar-refractivity contribution in [3.05, 3.63) is 72.7 Å². The molecule has 0 unspecified atom stereocenters. The third-order valence-electron chi connectivity index (χ3n) is 4.81. The molecule has 2 amide bonds. The summed E-state index contributed by atoms with van der Waals surface area (Å²) in [4.78, 5) is 24.5. The molecule has 3 heterocycles. The van der Waals surface area contributed by atoms with Crippen molar-refractivity contribution in [3.63, 3.8) is 0 Å². The minimum absolute atomic E-state index is 0.179. The highest BCUT2D eigenvalue weighted by atomic mass is 19.2. The van der Waals surface area contributed by atoms with E-state index >= 15 is 0 Å². The number of halogens is 2. The van der Waals surface area contributed by atoms with Gasteiger partial charge in [0.05, 0.1) is 11.9 Å². The van der Waals surface area contributed by atoms with Crippen molar-refractivity contribution in [2.45, 2.75) is 0 Å². The average molecular weight is 395 g/mol. The summed E-state index contributed by atoms with van der Waals surface area (Å²) >= 11 is 0. The Labute approximate surface area is 166 Å². The Hall–Kier alpha value is -3.55. The summed E-state index contributed by atoms with van der Waals surface area (Å²) in [6, 6.07) is 10.9. The molecule has 0 bridgehead atoms. The number of carbonyl (C=O) groups is 1. The van der Waals surface area contributed by atoms with Gasteiger partial charge in [-0.25, -0.2) is 18.6 Å². The van der Waals surface area contributed by atoms with Crippen molar-refractivity contribution in [2.75, 3.05) is 36.4 Å². The molecule has 1 aliphatic rings. The lowest BCUT2D eigenvalue weighted by atomic mass is 10.1. The molecule has 1 aromatic carbocycles. The number of carbonyl (C=O) groups excluding carboxylic acids is 1. The molecule has 0 atom stereocenters. The molecule has 1 N–H and O–H groups in total. The predicted octanol–water partition coefficient (Wildman–Crippen LogP) is 3.78. The molecule has 8 heteroatoms. The van der Waals surface area contributed by atoms with E-state index in [9.17, 15) is 13.6 Å². The molecule has 4 rings (SSSR count). The van der Waals surface area contributed by atoms with Crippen molar-refractivity contribution >= 4 is 17.5 Å². The van der Waals surface area contributed by atoms with E-state index in [1.54, 1.807) is 47.8 Å². The number of aromatic nitrogens is 2. The summed E-state index contributed by atoms with van der Waals surface area (Å²) in [5, 5.41) is 2.82. The SMILES string of the molecule is O=C(Nc1cccnc1)N1CCN(c2cc(-c3cccc(F)c3F)ccn2)CC1. The van der Waals surface area contributed by atoms with Gasteiger partial charge in [0.2, 0.25) is 0 Å². The van der Waals surface area contributed by atoms with E-state index in [0.717, 1.165) is 6.07 Å². The average Bonchev–Trinajstić information content (AvgIpc) is 2.76. The van der Waals surface area contributed by atoms with Crippen molar-refractivity contribution < 1.29 is 13.6 Å². The van der Waals surface area contributed by atoms with Crippen molar-refractivity contribution in [1.29, 1.82) is 0 Å². The van der Waals surface area contributed by atoms with E-state index in [1.165, 1.54) is 12.1 Å². The number of rotatable bonds is 3. The molecule has 148 valence electrons. The number of benzene rings is 1. The number of hydrogen-bond acceptors (Lipinski definition) is 4. The Morgan fingerprint density at radius 2 is 1.83 bits per heavy atom. The van der Waals surface area contributed by atoms with Gasteiger partial charge in [0.15, 0.2) is 11.6 Å². The monoisotopic (exact) mass is 395 g/mol. The Morgan fingerprint density at radius 3 is 2.59 bits per heavy atom. The maximum atomic E-state index is 14.1. The van der Waals surface area contributed by atoms with E-state index in [2.05, 4.69) is 15.3 Å². The summed E-state index contributed by atoms with van der Waals surface area (Å²) in [7, 11) is 0. The van der Waals surface area contributed by atoms with Gasteiger partial charge in [-0.15, -0.1) is 0 Å². The largest absolute Gasteiger partial charge is 0.353 e. The number of pyridine rings is 2. The van der Waals surface area contributed by atoms with E-state index in [-0.39, 0.29) is 11.6 Å². The van der Waals surface area contributed by atoms with E-state index in [0.29, 0.717) is 43.2 Å². The second-order valence-corrected chi connectivity index (χ2v) is 6.65. The Morgan fingerprint density at radius 1 is 1.00 bits per heavy atom. The number of urea groups is 1. The summed E-state index contributed by atoms with van der Waals surface area (Å²) in [5.74, 6) is -1.09. The van der Waals surface area contributed by atoms with Gasteiger partial charge in [0, 0.05) is 44.1 Å². The van der Waals surface area contributed by atoms with Gasteiger partial charge in [-0.3, -0.25) is 4.98 Å². The highest BCUT2D eigenvalue weighted by Crippen LogP contribution is 2.27. The zero-order valence-corrected chi connectivity index (χ0v) is 15.6. The maximum Gasteiger partial charge on any atom is 0.322 e. The van der Waals surface area contributed by atoms with Crippen LogP contribution in [0.3, 0.4) is 0 Å². The molecule has 29 heavy (non-hydrogen) atoms. The summed E-state index contributed by atoms with van der Waals surface area (Å²) in [6.07, 6.45) is 4.82. The first kappa shape index (κ1) is 18.8. The predicted molar refractivity (Wildman–Crippen MR) is 107 cm³/mol. The maximum absolute atomic E-state index is 14.1. The Bertz CT molecular complexity index is 1010. The molecule has 0 saturated carbocycles. The molecule has 0 aliphatic carbocycles. The number of nitrogens with one attached hydrogen (secondary N) is 1. The van der Waals surface area contributed by atoms with Crippen molar-refractivity contribution in [2.24, 2.45) is 0 Å². The molecule has 2 aromatic heterocycles. The van der Waals surface area contributed by atoms with Gasteiger partial charge in [-0.1, -0.05) is 12.1 Å². The first-order valence-corrected chi connectivity index (χ1v) is 9.23. The lowest BCUT2D eigenvalue weighted by Gasteiger charge is -2.35. The minimum atomic E-state index is -0.880. The molecule has 0 spiro atoms. The van der Waals surface area contributed by atoms with Gasteiger partial charge in [-0.2, -0.15) is 0 Å². The summed E-state index contributed by atoms with van der Waals surface area (Å²) in [6.45, 7) is 2.21. The van der Waals surface area contributed by atoms with Crippen LogP contribution in [-0.4, -0.2) is 47.1 Å². The lowest BCUT2D eigenvalue weighted by Crippen LogP contribution is -2.50. The topological polar surface area (TPSA) is 61.4 Å². The quantitative estimate of drug-likeness (QED) is 0.733. The van der Waals surface area contributed by atoms with Gasteiger partial charge in [-0.05, 0) is 35.9 Å². The normalized spacial score (nSPS) is 14.0. The van der Waals surface area contributed by atoms with Crippen LogP contribution >= 0.6 is 0 Å². The van der Waals surface area contributed by atoms with Crippen LogP contribution in [0.1, 0.15) is 0 Å². The molecule has 3 aromatic rings. The standard InChI is InChI=1S/C21H19F2N5O/c22-18-5-1-4-17(20(18)23)15-6-8-25-19(13-15)27-9-11-28(12-10-27)21(29)26-16-3-2-7-24-14-16/h1-8,13-14H,9-12H2,(H,26,29). The first-order valence-electron chi connectivity index (χ1n) is 9.23. The zero-order valence-electron chi connectivity index (χ0n) is 15.6. The fourth-order valence-electron chi connectivity index (χ4n) is 3.26. The highest BCUT2D eigenvalue weighted by Gasteiger charge is 2.22. The molecular formula is C21H19F2N5O. The van der Waals surface area contributed by atoms with Crippen LogP contribution in [0.4, 0.5) is 25.1 Å². The van der Waals surface area contributed by atoms with Crippen LogP contribution in [0, 0.1) is 11.6 Å². The molecular weight excluding hydrogens is 376 g/mol. The van der Waals surface area contributed by atoms with Crippen LogP contribution in [0.5, 0.6) is 0 Å². The molecule has 1 saturated heterocycles. The van der Waals surface area contributed by atoms with Crippen molar-refractivity contribution in [3.8, 4) is 11.1 Å². The first-order chi connectivity index (χ1) is 14.1. The lowest BCUT2D eigenvalue weighted by molar-refractivity contribution is 0.208. The van der Waals surface area contributed by atoms with Gasteiger partial charge < -0.3 is 15.1 Å². The second-order valence-electron chi connectivity index (χ2n) is 6.65.